The highest BCUT2D eigenvalue weighted by atomic mass is 32.2. The zero-order valence-electron chi connectivity index (χ0n) is 14.4. The maximum absolute atomic E-state index is 12.5. The molecule has 2 aromatic rings. The van der Waals surface area contributed by atoms with Crippen LogP contribution < -0.4 is 10.0 Å². The molecule has 26 heavy (non-hydrogen) atoms. The van der Waals surface area contributed by atoms with Crippen molar-refractivity contribution in [2.75, 3.05) is 36.3 Å². The molecule has 1 aliphatic rings. The Labute approximate surface area is 153 Å². The van der Waals surface area contributed by atoms with Crippen molar-refractivity contribution in [3.05, 3.63) is 54.1 Å². The number of aryl methyl sites for hydroxylation is 1. The quantitative estimate of drug-likeness (QED) is 0.860. The molecular formula is C18H21N3O4S. The van der Waals surface area contributed by atoms with Crippen molar-refractivity contribution in [3.63, 3.8) is 0 Å². The lowest BCUT2D eigenvalue weighted by Gasteiger charge is -2.27. The molecule has 138 valence electrons. The molecule has 0 radical (unpaired) electrons. The van der Waals surface area contributed by atoms with Gasteiger partial charge < -0.3 is 15.0 Å². The van der Waals surface area contributed by atoms with Crippen LogP contribution >= 0.6 is 0 Å². The lowest BCUT2D eigenvalue weighted by molar-refractivity contribution is 0.0564. The SMILES string of the molecule is Cc1ccc(S(=O)(=O)Nc2cccc(NC(=O)N3CCOCC3)c2)cc1. The molecule has 7 nitrogen and oxygen atoms in total. The van der Waals surface area contributed by atoms with Crippen LogP contribution in [0.25, 0.3) is 0 Å². The predicted molar refractivity (Wildman–Crippen MR) is 99.8 cm³/mol. The van der Waals surface area contributed by atoms with Gasteiger partial charge in [-0.05, 0) is 37.3 Å². The summed E-state index contributed by atoms with van der Waals surface area (Å²) in [5, 5.41) is 2.78. The molecule has 1 aliphatic heterocycles. The van der Waals surface area contributed by atoms with E-state index in [1.165, 1.54) is 0 Å². The minimum Gasteiger partial charge on any atom is -0.378 e. The zero-order valence-corrected chi connectivity index (χ0v) is 15.3. The van der Waals surface area contributed by atoms with E-state index in [1.807, 2.05) is 6.92 Å². The summed E-state index contributed by atoms with van der Waals surface area (Å²) < 4.78 is 32.7. The van der Waals surface area contributed by atoms with Crippen LogP contribution in [0.15, 0.2) is 53.4 Å². The Hall–Kier alpha value is -2.58. The number of anilines is 2. The molecule has 0 unspecified atom stereocenters. The number of hydrogen-bond acceptors (Lipinski definition) is 4. The van der Waals surface area contributed by atoms with Crippen LogP contribution in [0.4, 0.5) is 16.2 Å². The maximum atomic E-state index is 12.5. The molecule has 0 spiro atoms. The van der Waals surface area contributed by atoms with E-state index in [0.717, 1.165) is 5.56 Å². The molecule has 8 heteroatoms. The number of hydrogen-bond donors (Lipinski definition) is 2. The summed E-state index contributed by atoms with van der Waals surface area (Å²) >= 11 is 0. The van der Waals surface area contributed by atoms with Crippen molar-refractivity contribution in [1.29, 1.82) is 0 Å². The van der Waals surface area contributed by atoms with Gasteiger partial charge in [0, 0.05) is 18.8 Å². The predicted octanol–water partition coefficient (Wildman–Crippen LogP) is 2.66. The molecule has 3 rings (SSSR count). The second-order valence-electron chi connectivity index (χ2n) is 6.03. The number of sulfonamides is 1. The summed E-state index contributed by atoms with van der Waals surface area (Å²) in [5.41, 5.74) is 1.88. The summed E-state index contributed by atoms with van der Waals surface area (Å²) in [6, 6.07) is 13.0. The monoisotopic (exact) mass is 375 g/mol. The van der Waals surface area contributed by atoms with Crippen LogP contribution in [0.2, 0.25) is 0 Å². The first-order valence-corrected chi connectivity index (χ1v) is 9.76. The average Bonchev–Trinajstić information content (AvgIpc) is 2.63. The number of urea groups is 1. The first-order chi connectivity index (χ1) is 12.4. The molecular weight excluding hydrogens is 354 g/mol. The number of morpholine rings is 1. The van der Waals surface area contributed by atoms with E-state index in [9.17, 15) is 13.2 Å². The first-order valence-electron chi connectivity index (χ1n) is 8.27. The summed E-state index contributed by atoms with van der Waals surface area (Å²) in [4.78, 5) is 14.1. The second kappa shape index (κ2) is 7.76. The summed E-state index contributed by atoms with van der Waals surface area (Å²) in [6.45, 7) is 4.00. The molecule has 0 atom stereocenters. The topological polar surface area (TPSA) is 87.7 Å². The average molecular weight is 375 g/mol. The third-order valence-corrected chi connectivity index (χ3v) is 5.39. The molecule has 1 heterocycles. The van der Waals surface area contributed by atoms with Gasteiger partial charge in [0.05, 0.1) is 23.8 Å². The van der Waals surface area contributed by atoms with Crippen LogP contribution in [0.3, 0.4) is 0 Å². The van der Waals surface area contributed by atoms with Gasteiger partial charge in [0.2, 0.25) is 0 Å². The maximum Gasteiger partial charge on any atom is 0.322 e. The Morgan fingerprint density at radius 3 is 2.38 bits per heavy atom. The van der Waals surface area contributed by atoms with Gasteiger partial charge in [0.15, 0.2) is 0 Å². The number of carbonyl (C=O) groups is 1. The highest BCUT2D eigenvalue weighted by Gasteiger charge is 2.17. The van der Waals surface area contributed by atoms with Crippen LogP contribution in [-0.2, 0) is 14.8 Å². The van der Waals surface area contributed by atoms with Gasteiger partial charge in [0.1, 0.15) is 0 Å². The van der Waals surface area contributed by atoms with Crippen molar-refractivity contribution in [1.82, 2.24) is 4.90 Å². The number of nitrogens with one attached hydrogen (secondary N) is 2. The Balaban J connectivity index is 1.70. The van der Waals surface area contributed by atoms with E-state index in [2.05, 4.69) is 10.0 Å². The van der Waals surface area contributed by atoms with Gasteiger partial charge in [-0.25, -0.2) is 13.2 Å². The number of rotatable bonds is 4. The van der Waals surface area contributed by atoms with Crippen LogP contribution in [0, 0.1) is 6.92 Å². The summed E-state index contributed by atoms with van der Waals surface area (Å²) in [5.74, 6) is 0. The molecule has 2 aromatic carbocycles. The first kappa shape index (κ1) is 18.2. The van der Waals surface area contributed by atoms with Crippen molar-refractivity contribution in [2.24, 2.45) is 0 Å². The number of amides is 2. The molecule has 0 saturated carbocycles. The Morgan fingerprint density at radius 1 is 1.04 bits per heavy atom. The normalized spacial score (nSPS) is 14.7. The van der Waals surface area contributed by atoms with E-state index >= 15 is 0 Å². The smallest absolute Gasteiger partial charge is 0.322 e. The van der Waals surface area contributed by atoms with Crippen LogP contribution in [0.1, 0.15) is 5.56 Å². The molecule has 0 bridgehead atoms. The van der Waals surface area contributed by atoms with E-state index in [1.54, 1.807) is 53.4 Å². The molecule has 2 N–H and O–H groups in total. The standard InChI is InChI=1S/C18H21N3O4S/c1-14-5-7-17(8-6-14)26(23,24)20-16-4-2-3-15(13-16)19-18(22)21-9-11-25-12-10-21/h2-8,13,20H,9-12H2,1H3,(H,19,22). The van der Waals surface area contributed by atoms with Crippen LogP contribution in [-0.4, -0.2) is 45.7 Å². The number of carbonyl (C=O) groups excluding carboxylic acids is 1. The highest BCUT2D eigenvalue weighted by Crippen LogP contribution is 2.20. The van der Waals surface area contributed by atoms with Crippen molar-refractivity contribution in [2.45, 2.75) is 11.8 Å². The van der Waals surface area contributed by atoms with Gasteiger partial charge >= 0.3 is 6.03 Å². The molecule has 1 fully saturated rings. The van der Waals surface area contributed by atoms with Crippen molar-refractivity contribution < 1.29 is 17.9 Å². The third kappa shape index (κ3) is 4.53. The van der Waals surface area contributed by atoms with E-state index < -0.39 is 10.0 Å². The lowest BCUT2D eigenvalue weighted by atomic mass is 10.2. The Morgan fingerprint density at radius 2 is 1.69 bits per heavy atom. The minimum atomic E-state index is -3.69. The van der Waals surface area contributed by atoms with Gasteiger partial charge in [-0.1, -0.05) is 23.8 Å². The van der Waals surface area contributed by atoms with Gasteiger partial charge in [-0.2, -0.15) is 0 Å². The van der Waals surface area contributed by atoms with E-state index in [4.69, 9.17) is 4.74 Å². The fraction of sp³-hybridized carbons (Fsp3) is 0.278. The van der Waals surface area contributed by atoms with Gasteiger partial charge in [0.25, 0.3) is 10.0 Å². The number of nitrogens with zero attached hydrogens (tertiary/aromatic N) is 1. The Bertz CT molecular complexity index is 876. The molecule has 1 saturated heterocycles. The van der Waals surface area contributed by atoms with E-state index in [-0.39, 0.29) is 10.9 Å². The lowest BCUT2D eigenvalue weighted by Crippen LogP contribution is -2.43. The van der Waals surface area contributed by atoms with E-state index in [0.29, 0.717) is 37.7 Å². The second-order valence-corrected chi connectivity index (χ2v) is 7.71. The number of ether oxygens (including phenoxy) is 1. The zero-order chi connectivity index (χ0) is 18.6. The summed E-state index contributed by atoms with van der Waals surface area (Å²) in [6.07, 6.45) is 0. The fourth-order valence-corrected chi connectivity index (χ4v) is 3.61. The largest absolute Gasteiger partial charge is 0.378 e. The third-order valence-electron chi connectivity index (χ3n) is 4.00. The molecule has 0 aliphatic carbocycles. The molecule has 2 amide bonds. The van der Waals surface area contributed by atoms with Crippen molar-refractivity contribution >= 4 is 27.4 Å². The summed E-state index contributed by atoms with van der Waals surface area (Å²) in [7, 11) is -3.69. The van der Waals surface area contributed by atoms with Gasteiger partial charge in [-0.15, -0.1) is 0 Å². The number of benzene rings is 2. The van der Waals surface area contributed by atoms with Crippen molar-refractivity contribution in [3.8, 4) is 0 Å². The minimum absolute atomic E-state index is 0.186. The Kier molecular flexibility index (Phi) is 5.43. The molecule has 0 aromatic heterocycles. The fourth-order valence-electron chi connectivity index (χ4n) is 2.56. The van der Waals surface area contributed by atoms with Crippen LogP contribution in [0.5, 0.6) is 0 Å². The van der Waals surface area contributed by atoms with Gasteiger partial charge in [-0.3, -0.25) is 4.72 Å². The highest BCUT2D eigenvalue weighted by molar-refractivity contribution is 7.92.